The third-order valence-electron chi connectivity index (χ3n) is 4.56. The van der Waals surface area contributed by atoms with Crippen LogP contribution in [0.4, 0.5) is 0 Å². The summed E-state index contributed by atoms with van der Waals surface area (Å²) in [6, 6.07) is 0. The molecule has 1 saturated carbocycles. The van der Waals surface area contributed by atoms with Gasteiger partial charge in [-0.2, -0.15) is 0 Å². The van der Waals surface area contributed by atoms with Crippen molar-refractivity contribution < 1.29 is 14.6 Å². The maximum absolute atomic E-state index is 11.7. The second-order valence-electron chi connectivity index (χ2n) is 7.43. The largest absolute Gasteiger partial charge is 0.460 e. The quantitative estimate of drug-likeness (QED) is 0.808. The number of fused-ring (bicyclic) bond motifs is 1. The van der Waals surface area contributed by atoms with Crippen LogP contribution in [-0.2, 0) is 9.53 Å². The molecule has 2 aliphatic rings. The number of ether oxygens (including phenoxy) is 1. The number of carbonyl (C=O) groups is 1. The van der Waals surface area contributed by atoms with Gasteiger partial charge in [-0.25, -0.2) is 0 Å². The van der Waals surface area contributed by atoms with Gasteiger partial charge in [-0.05, 0) is 40.0 Å². The average molecular weight is 283 g/mol. The highest BCUT2D eigenvalue weighted by Gasteiger charge is 2.42. The maximum Gasteiger partial charge on any atom is 0.307 e. The van der Waals surface area contributed by atoms with Gasteiger partial charge in [-0.3, -0.25) is 4.79 Å². The Morgan fingerprint density at radius 1 is 1.35 bits per heavy atom. The highest BCUT2D eigenvalue weighted by molar-refractivity contribution is 5.70. The van der Waals surface area contributed by atoms with E-state index in [2.05, 4.69) is 4.90 Å². The summed E-state index contributed by atoms with van der Waals surface area (Å²) < 4.78 is 5.34. The fourth-order valence-electron chi connectivity index (χ4n) is 3.48. The second-order valence-corrected chi connectivity index (χ2v) is 7.43. The molecule has 0 bridgehead atoms. The third kappa shape index (κ3) is 4.19. The number of rotatable bonds is 3. The van der Waals surface area contributed by atoms with Gasteiger partial charge in [-0.15, -0.1) is 0 Å². The van der Waals surface area contributed by atoms with E-state index in [0.717, 1.165) is 45.3 Å². The Labute approximate surface area is 122 Å². The molecular weight excluding hydrogens is 254 g/mol. The third-order valence-corrected chi connectivity index (χ3v) is 4.56. The van der Waals surface area contributed by atoms with E-state index in [-0.39, 0.29) is 5.97 Å². The predicted octanol–water partition coefficient (Wildman–Crippen LogP) is 2.35. The number of carbonyl (C=O) groups excluding carboxylic acids is 1. The number of esters is 1. The molecule has 1 aliphatic heterocycles. The molecule has 2 rings (SSSR count). The molecule has 2 unspecified atom stereocenters. The first-order valence-corrected chi connectivity index (χ1v) is 7.95. The molecule has 1 aliphatic carbocycles. The molecule has 116 valence electrons. The van der Waals surface area contributed by atoms with Gasteiger partial charge >= 0.3 is 5.97 Å². The van der Waals surface area contributed by atoms with Crippen molar-refractivity contribution in [1.29, 1.82) is 0 Å². The van der Waals surface area contributed by atoms with Crippen molar-refractivity contribution >= 4 is 5.97 Å². The van der Waals surface area contributed by atoms with Gasteiger partial charge < -0.3 is 14.7 Å². The molecular formula is C16H29NO3. The van der Waals surface area contributed by atoms with Crippen LogP contribution in [0.3, 0.4) is 0 Å². The van der Waals surface area contributed by atoms with Crippen molar-refractivity contribution in [2.45, 2.75) is 70.5 Å². The van der Waals surface area contributed by atoms with E-state index in [0.29, 0.717) is 12.3 Å². The highest BCUT2D eigenvalue weighted by atomic mass is 16.6. The zero-order chi connectivity index (χ0) is 14.8. The summed E-state index contributed by atoms with van der Waals surface area (Å²) >= 11 is 0. The van der Waals surface area contributed by atoms with Gasteiger partial charge in [0, 0.05) is 25.6 Å². The SMILES string of the molecule is CC(C)(C)OC(=O)CCN1CCC2(O)CCCCC2C1. The van der Waals surface area contributed by atoms with E-state index in [4.69, 9.17) is 4.74 Å². The van der Waals surface area contributed by atoms with Gasteiger partial charge in [0.1, 0.15) is 5.60 Å². The van der Waals surface area contributed by atoms with Crippen LogP contribution in [0.1, 0.15) is 59.3 Å². The Balaban J connectivity index is 1.77. The summed E-state index contributed by atoms with van der Waals surface area (Å²) in [5.41, 5.74) is -0.830. The van der Waals surface area contributed by atoms with E-state index in [1.165, 1.54) is 6.42 Å². The minimum absolute atomic E-state index is 0.123. The van der Waals surface area contributed by atoms with Crippen LogP contribution in [0.2, 0.25) is 0 Å². The predicted molar refractivity (Wildman–Crippen MR) is 78.4 cm³/mol. The standard InChI is InChI=1S/C16H29NO3/c1-15(2,3)20-14(18)7-10-17-11-9-16(19)8-5-4-6-13(16)12-17/h13,19H,4-12H2,1-3H3. The molecule has 0 aromatic carbocycles. The molecule has 0 radical (unpaired) electrons. The van der Waals surface area contributed by atoms with Gasteiger partial charge in [0.15, 0.2) is 0 Å². The number of piperidine rings is 1. The topological polar surface area (TPSA) is 49.8 Å². The van der Waals surface area contributed by atoms with Crippen molar-refractivity contribution in [2.75, 3.05) is 19.6 Å². The van der Waals surface area contributed by atoms with E-state index in [1.807, 2.05) is 20.8 Å². The smallest absolute Gasteiger partial charge is 0.307 e. The molecule has 0 aromatic heterocycles. The number of aliphatic hydroxyl groups is 1. The van der Waals surface area contributed by atoms with Crippen molar-refractivity contribution in [2.24, 2.45) is 5.92 Å². The first-order chi connectivity index (χ1) is 9.28. The summed E-state index contributed by atoms with van der Waals surface area (Å²) in [4.78, 5) is 14.1. The van der Waals surface area contributed by atoms with Crippen LogP contribution >= 0.6 is 0 Å². The minimum atomic E-state index is -0.430. The normalized spacial score (nSPS) is 31.7. The Bertz CT molecular complexity index is 350. The summed E-state index contributed by atoms with van der Waals surface area (Å²) in [7, 11) is 0. The van der Waals surface area contributed by atoms with E-state index >= 15 is 0 Å². The molecule has 20 heavy (non-hydrogen) atoms. The fraction of sp³-hybridized carbons (Fsp3) is 0.938. The number of hydrogen-bond donors (Lipinski definition) is 1. The molecule has 0 aromatic rings. The number of nitrogens with zero attached hydrogens (tertiary/aromatic N) is 1. The monoisotopic (exact) mass is 283 g/mol. The summed E-state index contributed by atoms with van der Waals surface area (Å²) in [5, 5.41) is 10.6. The molecule has 1 heterocycles. The zero-order valence-electron chi connectivity index (χ0n) is 13.2. The lowest BCUT2D eigenvalue weighted by Crippen LogP contribution is -2.53. The van der Waals surface area contributed by atoms with E-state index < -0.39 is 11.2 Å². The zero-order valence-corrected chi connectivity index (χ0v) is 13.2. The molecule has 2 fully saturated rings. The van der Waals surface area contributed by atoms with Crippen LogP contribution < -0.4 is 0 Å². The van der Waals surface area contributed by atoms with Crippen LogP contribution in [-0.4, -0.2) is 46.8 Å². The lowest BCUT2D eigenvalue weighted by Gasteiger charge is -2.47. The van der Waals surface area contributed by atoms with Crippen molar-refractivity contribution in [3.8, 4) is 0 Å². The first-order valence-electron chi connectivity index (χ1n) is 7.95. The van der Waals surface area contributed by atoms with Crippen LogP contribution in [0.25, 0.3) is 0 Å². The fourth-order valence-corrected chi connectivity index (χ4v) is 3.48. The lowest BCUT2D eigenvalue weighted by molar-refractivity contribution is -0.155. The van der Waals surface area contributed by atoms with Crippen LogP contribution in [0.15, 0.2) is 0 Å². The van der Waals surface area contributed by atoms with Gasteiger partial charge in [0.2, 0.25) is 0 Å². The van der Waals surface area contributed by atoms with Crippen LogP contribution in [0, 0.1) is 5.92 Å². The first kappa shape index (κ1) is 15.8. The second kappa shape index (κ2) is 6.02. The van der Waals surface area contributed by atoms with Crippen molar-refractivity contribution in [3.05, 3.63) is 0 Å². The van der Waals surface area contributed by atoms with Gasteiger partial charge in [-0.1, -0.05) is 12.8 Å². The molecule has 0 spiro atoms. The van der Waals surface area contributed by atoms with Crippen LogP contribution in [0.5, 0.6) is 0 Å². The minimum Gasteiger partial charge on any atom is -0.460 e. The molecule has 1 N–H and O–H groups in total. The Hall–Kier alpha value is -0.610. The summed E-state index contributed by atoms with van der Waals surface area (Å²) in [6.07, 6.45) is 5.77. The maximum atomic E-state index is 11.7. The number of likely N-dealkylation sites (tertiary alicyclic amines) is 1. The summed E-state index contributed by atoms with van der Waals surface area (Å²) in [6.45, 7) is 8.27. The lowest BCUT2D eigenvalue weighted by atomic mass is 9.71. The highest BCUT2D eigenvalue weighted by Crippen LogP contribution is 2.39. The molecule has 2 atom stereocenters. The molecule has 4 nitrogen and oxygen atoms in total. The van der Waals surface area contributed by atoms with Crippen molar-refractivity contribution in [3.63, 3.8) is 0 Å². The average Bonchev–Trinajstić information content (AvgIpc) is 2.34. The van der Waals surface area contributed by atoms with Crippen molar-refractivity contribution in [1.82, 2.24) is 4.90 Å². The molecule has 0 amide bonds. The van der Waals surface area contributed by atoms with Gasteiger partial charge in [0.05, 0.1) is 12.0 Å². The Morgan fingerprint density at radius 2 is 2.10 bits per heavy atom. The molecule has 1 saturated heterocycles. The number of hydrogen-bond acceptors (Lipinski definition) is 4. The summed E-state index contributed by atoms with van der Waals surface area (Å²) in [5.74, 6) is 0.269. The Kier molecular flexibility index (Phi) is 4.75. The van der Waals surface area contributed by atoms with E-state index in [9.17, 15) is 9.90 Å². The van der Waals surface area contributed by atoms with Gasteiger partial charge in [0.25, 0.3) is 0 Å². The molecule has 4 heteroatoms. The Morgan fingerprint density at radius 3 is 2.80 bits per heavy atom. The van der Waals surface area contributed by atoms with E-state index in [1.54, 1.807) is 0 Å².